The molecule has 0 fully saturated rings. The van der Waals surface area contributed by atoms with Gasteiger partial charge in [-0.15, -0.1) is 12.4 Å². The lowest BCUT2D eigenvalue weighted by Crippen LogP contribution is -2.21. The third kappa shape index (κ3) is 4.12. The highest BCUT2D eigenvalue weighted by Crippen LogP contribution is 2.14. The number of halogens is 1. The SMILES string of the molecule is C[Si](C)(C)CCOCn1ccc2ccncc21.Cl. The highest BCUT2D eigenvalue weighted by Gasteiger charge is 2.12. The van der Waals surface area contributed by atoms with Crippen molar-refractivity contribution in [2.75, 3.05) is 6.61 Å². The predicted molar refractivity (Wildman–Crippen MR) is 81.1 cm³/mol. The maximum Gasteiger partial charge on any atom is 0.122 e. The Bertz CT molecular complexity index is 493. The minimum Gasteiger partial charge on any atom is -0.361 e. The van der Waals surface area contributed by atoms with Crippen molar-refractivity contribution < 1.29 is 4.74 Å². The van der Waals surface area contributed by atoms with Crippen molar-refractivity contribution in [3.8, 4) is 0 Å². The van der Waals surface area contributed by atoms with Crippen molar-refractivity contribution in [3.63, 3.8) is 0 Å². The minimum absolute atomic E-state index is 0. The van der Waals surface area contributed by atoms with Crippen LogP contribution in [0.4, 0.5) is 0 Å². The van der Waals surface area contributed by atoms with E-state index in [0.717, 1.165) is 12.1 Å². The van der Waals surface area contributed by atoms with E-state index in [1.54, 1.807) is 0 Å². The van der Waals surface area contributed by atoms with Crippen LogP contribution in [0.15, 0.2) is 30.7 Å². The number of hydrogen-bond acceptors (Lipinski definition) is 2. The molecule has 2 rings (SSSR count). The number of rotatable bonds is 5. The molecule has 0 radical (unpaired) electrons. The van der Waals surface area contributed by atoms with E-state index in [1.165, 1.54) is 11.4 Å². The van der Waals surface area contributed by atoms with E-state index in [9.17, 15) is 0 Å². The fraction of sp³-hybridized carbons (Fsp3) is 0.462. The standard InChI is InChI=1S/C13H20N2OSi.ClH/c1-17(2,3)9-8-16-11-15-7-5-12-4-6-14-10-13(12)15;/h4-7,10H,8-9,11H2,1-3H3;1H. The van der Waals surface area contributed by atoms with Gasteiger partial charge in [0.05, 0.1) is 11.7 Å². The van der Waals surface area contributed by atoms with Gasteiger partial charge in [0.2, 0.25) is 0 Å². The Hall–Kier alpha value is -0.843. The summed E-state index contributed by atoms with van der Waals surface area (Å²) in [5.41, 5.74) is 1.14. The molecule has 100 valence electrons. The van der Waals surface area contributed by atoms with Crippen LogP contribution in [0, 0.1) is 0 Å². The third-order valence-corrected chi connectivity index (χ3v) is 4.51. The van der Waals surface area contributed by atoms with Gasteiger partial charge in [-0.1, -0.05) is 19.6 Å². The van der Waals surface area contributed by atoms with E-state index in [4.69, 9.17) is 4.74 Å². The minimum atomic E-state index is -0.980. The fourth-order valence-corrected chi connectivity index (χ4v) is 2.44. The molecule has 0 aromatic carbocycles. The summed E-state index contributed by atoms with van der Waals surface area (Å²) < 4.78 is 7.84. The predicted octanol–water partition coefficient (Wildman–Crippen LogP) is 3.77. The Morgan fingerprint density at radius 3 is 2.78 bits per heavy atom. The van der Waals surface area contributed by atoms with Crippen molar-refractivity contribution in [1.29, 1.82) is 0 Å². The molecule has 0 unspecified atom stereocenters. The molecule has 0 atom stereocenters. The van der Waals surface area contributed by atoms with E-state index in [2.05, 4.69) is 41.5 Å². The van der Waals surface area contributed by atoms with Crippen molar-refractivity contribution in [2.45, 2.75) is 32.4 Å². The molecular weight excluding hydrogens is 264 g/mol. The Morgan fingerprint density at radius 2 is 2.06 bits per heavy atom. The molecule has 0 aliphatic carbocycles. The Balaban J connectivity index is 0.00000162. The second-order valence-corrected chi connectivity index (χ2v) is 11.2. The molecule has 5 heteroatoms. The molecule has 18 heavy (non-hydrogen) atoms. The number of pyridine rings is 1. The summed E-state index contributed by atoms with van der Waals surface area (Å²) >= 11 is 0. The van der Waals surface area contributed by atoms with Crippen molar-refractivity contribution in [1.82, 2.24) is 9.55 Å². The topological polar surface area (TPSA) is 27.1 Å². The zero-order chi connectivity index (χ0) is 12.3. The first-order valence-electron chi connectivity index (χ1n) is 6.03. The molecule has 0 amide bonds. The van der Waals surface area contributed by atoms with Gasteiger partial charge in [-0.2, -0.15) is 0 Å². The lowest BCUT2D eigenvalue weighted by molar-refractivity contribution is 0.0902. The van der Waals surface area contributed by atoms with Gasteiger partial charge in [0.15, 0.2) is 0 Å². The molecule has 2 aromatic rings. The van der Waals surface area contributed by atoms with Gasteiger partial charge in [0, 0.05) is 32.5 Å². The van der Waals surface area contributed by atoms with E-state index >= 15 is 0 Å². The third-order valence-electron chi connectivity index (χ3n) is 2.80. The van der Waals surface area contributed by atoms with E-state index < -0.39 is 8.07 Å². The zero-order valence-electron chi connectivity index (χ0n) is 11.2. The van der Waals surface area contributed by atoms with Crippen LogP contribution in [0.2, 0.25) is 25.7 Å². The van der Waals surface area contributed by atoms with Crippen LogP contribution in [0.3, 0.4) is 0 Å². The van der Waals surface area contributed by atoms with Crippen LogP contribution in [0.1, 0.15) is 0 Å². The average Bonchev–Trinajstić information content (AvgIpc) is 2.67. The number of hydrogen-bond donors (Lipinski definition) is 0. The first-order chi connectivity index (χ1) is 8.06. The van der Waals surface area contributed by atoms with Gasteiger partial charge in [-0.25, -0.2) is 0 Å². The largest absolute Gasteiger partial charge is 0.361 e. The Labute approximate surface area is 116 Å². The highest BCUT2D eigenvalue weighted by atomic mass is 35.5. The van der Waals surface area contributed by atoms with E-state index in [1.807, 2.05) is 18.5 Å². The van der Waals surface area contributed by atoms with Crippen LogP contribution in [-0.4, -0.2) is 24.2 Å². The molecule has 0 saturated carbocycles. The van der Waals surface area contributed by atoms with Crippen molar-refractivity contribution in [3.05, 3.63) is 30.7 Å². The number of ether oxygens (including phenoxy) is 1. The molecule has 0 bridgehead atoms. The first-order valence-corrected chi connectivity index (χ1v) is 9.74. The van der Waals surface area contributed by atoms with Crippen molar-refractivity contribution in [2.24, 2.45) is 0 Å². The molecule has 3 nitrogen and oxygen atoms in total. The molecule has 0 saturated heterocycles. The van der Waals surface area contributed by atoms with Gasteiger partial charge in [0.25, 0.3) is 0 Å². The lowest BCUT2D eigenvalue weighted by Gasteiger charge is -2.15. The number of nitrogens with zero attached hydrogens (tertiary/aromatic N) is 2. The van der Waals surface area contributed by atoms with Gasteiger partial charge in [0.1, 0.15) is 6.73 Å². The zero-order valence-corrected chi connectivity index (χ0v) is 13.0. The Kier molecular flexibility index (Phi) is 5.38. The summed E-state index contributed by atoms with van der Waals surface area (Å²) in [6.07, 6.45) is 5.76. The summed E-state index contributed by atoms with van der Waals surface area (Å²) in [6.45, 7) is 8.58. The van der Waals surface area contributed by atoms with Gasteiger partial charge < -0.3 is 9.30 Å². The fourth-order valence-electron chi connectivity index (χ4n) is 1.68. The maximum absolute atomic E-state index is 5.73. The summed E-state index contributed by atoms with van der Waals surface area (Å²) in [5.74, 6) is 0. The van der Waals surface area contributed by atoms with Gasteiger partial charge >= 0.3 is 0 Å². The molecule has 0 N–H and O–H groups in total. The number of aromatic nitrogens is 2. The van der Waals surface area contributed by atoms with Crippen LogP contribution in [-0.2, 0) is 11.5 Å². The smallest absolute Gasteiger partial charge is 0.122 e. The van der Waals surface area contributed by atoms with Crippen LogP contribution in [0.25, 0.3) is 10.9 Å². The van der Waals surface area contributed by atoms with Crippen molar-refractivity contribution >= 4 is 31.4 Å². The van der Waals surface area contributed by atoms with Crippen LogP contribution in [0.5, 0.6) is 0 Å². The highest BCUT2D eigenvalue weighted by molar-refractivity contribution is 6.76. The van der Waals surface area contributed by atoms with Gasteiger partial charge in [-0.3, -0.25) is 4.98 Å². The monoisotopic (exact) mass is 284 g/mol. The molecule has 2 aromatic heterocycles. The lowest BCUT2D eigenvalue weighted by atomic mass is 10.3. The summed E-state index contributed by atoms with van der Waals surface area (Å²) in [7, 11) is -0.980. The number of fused-ring (bicyclic) bond motifs is 1. The van der Waals surface area contributed by atoms with E-state index in [-0.39, 0.29) is 12.4 Å². The molecule has 2 heterocycles. The summed E-state index contributed by atoms with van der Waals surface area (Å²) in [5, 5.41) is 1.22. The maximum atomic E-state index is 5.73. The average molecular weight is 285 g/mol. The second kappa shape index (κ2) is 6.36. The molecular formula is C13H21ClN2OSi. The van der Waals surface area contributed by atoms with Crippen LogP contribution >= 0.6 is 12.4 Å². The molecule has 0 spiro atoms. The quantitative estimate of drug-likeness (QED) is 0.617. The summed E-state index contributed by atoms with van der Waals surface area (Å²) in [4.78, 5) is 4.14. The van der Waals surface area contributed by atoms with E-state index in [0.29, 0.717) is 6.73 Å². The normalized spacial score (nSPS) is 11.5. The van der Waals surface area contributed by atoms with Gasteiger partial charge in [-0.05, 0) is 18.2 Å². The first kappa shape index (κ1) is 15.2. The van der Waals surface area contributed by atoms with Crippen LogP contribution < -0.4 is 0 Å². The molecule has 0 aliphatic rings. The molecule has 0 aliphatic heterocycles. The second-order valence-electron chi connectivity index (χ2n) is 5.57. The summed E-state index contributed by atoms with van der Waals surface area (Å²) in [6, 6.07) is 5.33. The Morgan fingerprint density at radius 1 is 1.28 bits per heavy atom.